The third-order valence-electron chi connectivity index (χ3n) is 2.71. The van der Waals surface area contributed by atoms with Crippen LogP contribution in [0.5, 0.6) is 0 Å². The zero-order chi connectivity index (χ0) is 11.5. The molecular formula is C11H15Br2N3. The van der Waals surface area contributed by atoms with E-state index >= 15 is 0 Å². The fourth-order valence-corrected chi connectivity index (χ4v) is 3.04. The maximum Gasteiger partial charge on any atom is 0.0686 e. The molecule has 1 aromatic rings. The van der Waals surface area contributed by atoms with Crippen LogP contribution in [0.4, 0.5) is 0 Å². The van der Waals surface area contributed by atoms with Crippen molar-refractivity contribution < 1.29 is 0 Å². The molecule has 2 rings (SSSR count). The van der Waals surface area contributed by atoms with Crippen molar-refractivity contribution in [3.05, 3.63) is 26.9 Å². The van der Waals surface area contributed by atoms with Crippen LogP contribution in [-0.4, -0.2) is 35.6 Å². The molecule has 2 heterocycles. The van der Waals surface area contributed by atoms with Gasteiger partial charge in [-0.15, -0.1) is 0 Å². The van der Waals surface area contributed by atoms with Crippen molar-refractivity contribution in [2.75, 3.05) is 19.6 Å². The summed E-state index contributed by atoms with van der Waals surface area (Å²) < 4.78 is 2.09. The fraction of sp³-hybridized carbons (Fsp3) is 0.545. The zero-order valence-electron chi connectivity index (χ0n) is 9.21. The van der Waals surface area contributed by atoms with Gasteiger partial charge in [0.15, 0.2) is 0 Å². The van der Waals surface area contributed by atoms with E-state index in [0.29, 0.717) is 6.04 Å². The molecule has 1 aliphatic rings. The Balaban J connectivity index is 2.02. The van der Waals surface area contributed by atoms with Gasteiger partial charge in [0.25, 0.3) is 0 Å². The molecule has 0 bridgehead atoms. The second kappa shape index (κ2) is 5.58. The maximum absolute atomic E-state index is 4.44. The molecule has 1 N–H and O–H groups in total. The predicted octanol–water partition coefficient (Wildman–Crippen LogP) is 2.40. The van der Waals surface area contributed by atoms with E-state index in [1.54, 1.807) is 0 Å². The minimum absolute atomic E-state index is 0.572. The van der Waals surface area contributed by atoms with Crippen LogP contribution in [0, 0.1) is 0 Å². The van der Waals surface area contributed by atoms with Crippen LogP contribution in [0.2, 0.25) is 0 Å². The molecule has 0 spiro atoms. The van der Waals surface area contributed by atoms with Gasteiger partial charge in [0.05, 0.1) is 5.69 Å². The zero-order valence-corrected chi connectivity index (χ0v) is 12.4. The molecule has 0 saturated carbocycles. The molecule has 0 unspecified atom stereocenters. The van der Waals surface area contributed by atoms with E-state index in [1.807, 2.05) is 12.3 Å². The van der Waals surface area contributed by atoms with Gasteiger partial charge in [-0.25, -0.2) is 0 Å². The number of pyridine rings is 1. The van der Waals surface area contributed by atoms with Crippen LogP contribution in [0.15, 0.2) is 21.2 Å². The van der Waals surface area contributed by atoms with Crippen molar-refractivity contribution in [1.82, 2.24) is 15.2 Å². The maximum atomic E-state index is 4.44. The molecule has 1 aromatic heterocycles. The molecule has 16 heavy (non-hydrogen) atoms. The largest absolute Gasteiger partial charge is 0.312 e. The monoisotopic (exact) mass is 347 g/mol. The number of nitrogens with one attached hydrogen (secondary N) is 1. The van der Waals surface area contributed by atoms with Crippen molar-refractivity contribution >= 4 is 31.9 Å². The number of aromatic nitrogens is 1. The van der Waals surface area contributed by atoms with Crippen molar-refractivity contribution in [2.24, 2.45) is 0 Å². The van der Waals surface area contributed by atoms with E-state index in [-0.39, 0.29) is 0 Å². The molecule has 88 valence electrons. The summed E-state index contributed by atoms with van der Waals surface area (Å²) in [7, 11) is 0. The van der Waals surface area contributed by atoms with Gasteiger partial charge >= 0.3 is 0 Å². The number of hydrogen-bond donors (Lipinski definition) is 1. The van der Waals surface area contributed by atoms with E-state index in [2.05, 4.69) is 54.0 Å². The SMILES string of the molecule is C[C@@H]1CN(Cc2ncc(Br)cc2Br)CCN1. The molecular weight excluding hydrogens is 334 g/mol. The summed E-state index contributed by atoms with van der Waals surface area (Å²) in [6, 6.07) is 2.62. The van der Waals surface area contributed by atoms with Gasteiger partial charge in [-0.3, -0.25) is 9.88 Å². The quantitative estimate of drug-likeness (QED) is 0.889. The highest BCUT2D eigenvalue weighted by Gasteiger charge is 2.16. The van der Waals surface area contributed by atoms with Gasteiger partial charge in [0, 0.05) is 47.4 Å². The predicted molar refractivity (Wildman–Crippen MR) is 72.4 cm³/mol. The molecule has 3 nitrogen and oxygen atoms in total. The average Bonchev–Trinajstić information content (AvgIpc) is 2.22. The van der Waals surface area contributed by atoms with Crippen molar-refractivity contribution in [3.8, 4) is 0 Å². The Bertz CT molecular complexity index is 370. The molecule has 1 fully saturated rings. The van der Waals surface area contributed by atoms with E-state index in [0.717, 1.165) is 40.8 Å². The fourth-order valence-electron chi connectivity index (χ4n) is 1.93. The van der Waals surface area contributed by atoms with Gasteiger partial charge in [-0.1, -0.05) is 0 Å². The molecule has 1 saturated heterocycles. The first-order valence-corrected chi connectivity index (χ1v) is 6.99. The highest BCUT2D eigenvalue weighted by Crippen LogP contribution is 2.21. The van der Waals surface area contributed by atoms with Gasteiger partial charge in [-0.2, -0.15) is 0 Å². The van der Waals surface area contributed by atoms with Gasteiger partial charge in [0.2, 0.25) is 0 Å². The first-order valence-electron chi connectivity index (χ1n) is 5.41. The van der Waals surface area contributed by atoms with Gasteiger partial charge in [-0.05, 0) is 44.8 Å². The van der Waals surface area contributed by atoms with Crippen molar-refractivity contribution in [2.45, 2.75) is 19.5 Å². The Morgan fingerprint density at radius 3 is 3.06 bits per heavy atom. The lowest BCUT2D eigenvalue weighted by molar-refractivity contribution is 0.197. The highest BCUT2D eigenvalue weighted by molar-refractivity contribution is 9.11. The van der Waals surface area contributed by atoms with Crippen molar-refractivity contribution in [1.29, 1.82) is 0 Å². The van der Waals surface area contributed by atoms with Gasteiger partial charge in [0.1, 0.15) is 0 Å². The van der Waals surface area contributed by atoms with Crippen LogP contribution in [0.1, 0.15) is 12.6 Å². The average molecular weight is 349 g/mol. The number of hydrogen-bond acceptors (Lipinski definition) is 3. The minimum atomic E-state index is 0.572. The smallest absolute Gasteiger partial charge is 0.0686 e. The lowest BCUT2D eigenvalue weighted by atomic mass is 10.2. The molecule has 1 aliphatic heterocycles. The molecule has 1 atom stereocenters. The third-order valence-corrected chi connectivity index (χ3v) is 3.83. The van der Waals surface area contributed by atoms with E-state index in [4.69, 9.17) is 0 Å². The summed E-state index contributed by atoms with van der Waals surface area (Å²) in [5, 5.41) is 3.44. The van der Waals surface area contributed by atoms with Crippen LogP contribution in [0.3, 0.4) is 0 Å². The lowest BCUT2D eigenvalue weighted by Gasteiger charge is -2.31. The molecule has 0 amide bonds. The summed E-state index contributed by atoms with van der Waals surface area (Å²) in [5.74, 6) is 0. The Hall–Kier alpha value is 0.0300. The Kier molecular flexibility index (Phi) is 4.35. The number of piperazine rings is 1. The van der Waals surface area contributed by atoms with Crippen LogP contribution >= 0.6 is 31.9 Å². The number of rotatable bonds is 2. The lowest BCUT2D eigenvalue weighted by Crippen LogP contribution is -2.48. The topological polar surface area (TPSA) is 28.2 Å². The first-order chi connectivity index (χ1) is 7.65. The van der Waals surface area contributed by atoms with E-state index in [9.17, 15) is 0 Å². The number of nitrogens with zero attached hydrogens (tertiary/aromatic N) is 2. The Morgan fingerprint density at radius 1 is 1.56 bits per heavy atom. The standard InChI is InChI=1S/C11H15Br2N3/c1-8-6-16(3-2-14-8)7-11-10(13)4-9(12)5-15-11/h4-5,8,14H,2-3,6-7H2,1H3/t8-/m1/s1. The van der Waals surface area contributed by atoms with Crippen LogP contribution in [-0.2, 0) is 6.54 Å². The summed E-state index contributed by atoms with van der Waals surface area (Å²) in [4.78, 5) is 6.87. The summed E-state index contributed by atoms with van der Waals surface area (Å²) >= 11 is 6.97. The molecule has 5 heteroatoms. The second-order valence-electron chi connectivity index (χ2n) is 4.17. The van der Waals surface area contributed by atoms with E-state index < -0.39 is 0 Å². The second-order valence-corrected chi connectivity index (χ2v) is 5.94. The molecule has 0 aromatic carbocycles. The minimum Gasteiger partial charge on any atom is -0.312 e. The van der Waals surface area contributed by atoms with Gasteiger partial charge < -0.3 is 5.32 Å². The summed E-state index contributed by atoms with van der Waals surface area (Å²) in [6.07, 6.45) is 1.85. The highest BCUT2D eigenvalue weighted by atomic mass is 79.9. The summed E-state index contributed by atoms with van der Waals surface area (Å²) in [5.41, 5.74) is 1.11. The molecule has 0 radical (unpaired) electrons. The normalized spacial score (nSPS) is 22.3. The van der Waals surface area contributed by atoms with Crippen LogP contribution in [0.25, 0.3) is 0 Å². The molecule has 0 aliphatic carbocycles. The summed E-state index contributed by atoms with van der Waals surface area (Å²) in [6.45, 7) is 6.38. The third kappa shape index (κ3) is 3.26. The Morgan fingerprint density at radius 2 is 2.38 bits per heavy atom. The first kappa shape index (κ1) is 12.5. The van der Waals surface area contributed by atoms with Crippen molar-refractivity contribution in [3.63, 3.8) is 0 Å². The Labute approximate surface area is 113 Å². The van der Waals surface area contributed by atoms with E-state index in [1.165, 1.54) is 0 Å². The number of halogens is 2. The van der Waals surface area contributed by atoms with Crippen LogP contribution < -0.4 is 5.32 Å².